The smallest absolute Gasteiger partial charge is 0.334 e. The predicted octanol–water partition coefficient (Wildman–Crippen LogP) is 4.29. The lowest BCUT2D eigenvalue weighted by Crippen LogP contribution is -2.14. The first-order chi connectivity index (χ1) is 11.0. The predicted molar refractivity (Wildman–Crippen MR) is 91.8 cm³/mol. The fourth-order valence-corrected chi connectivity index (χ4v) is 1.78. The van der Waals surface area contributed by atoms with E-state index in [1.807, 2.05) is 58.0 Å². The minimum Gasteiger partial charge on any atom is -0.466 e. The van der Waals surface area contributed by atoms with Crippen molar-refractivity contribution in [2.24, 2.45) is 5.92 Å². The zero-order valence-electron chi connectivity index (χ0n) is 14.8. The van der Waals surface area contributed by atoms with E-state index in [1.54, 1.807) is 13.0 Å². The fourth-order valence-electron chi connectivity index (χ4n) is 1.78. The first-order valence-corrected chi connectivity index (χ1v) is 8.10. The van der Waals surface area contributed by atoms with Crippen LogP contribution in [0.25, 0.3) is 0 Å². The first kappa shape index (κ1) is 20.9. The molecule has 1 aromatic carbocycles. The number of hydrogen-bond acceptors (Lipinski definition) is 4. The van der Waals surface area contributed by atoms with Gasteiger partial charge in [0.2, 0.25) is 0 Å². The SMILES string of the molecule is CC.CCOC(=O)C/C(=C/C(C)C)C(=O)OCc1ccccc1. The number of ether oxygens (including phenoxy) is 2. The highest BCUT2D eigenvalue weighted by molar-refractivity contribution is 5.93. The number of carbonyl (C=O) groups is 2. The molecule has 0 amide bonds. The van der Waals surface area contributed by atoms with E-state index in [4.69, 9.17) is 9.47 Å². The molecular formula is C19H28O4. The number of carbonyl (C=O) groups excluding carboxylic acids is 2. The van der Waals surface area contributed by atoms with Crippen LogP contribution in [0.3, 0.4) is 0 Å². The number of hydrogen-bond donors (Lipinski definition) is 0. The average Bonchev–Trinajstić information content (AvgIpc) is 2.54. The summed E-state index contributed by atoms with van der Waals surface area (Å²) in [6.45, 7) is 10.1. The second-order valence-electron chi connectivity index (χ2n) is 4.98. The topological polar surface area (TPSA) is 52.6 Å². The van der Waals surface area contributed by atoms with Gasteiger partial charge in [0.15, 0.2) is 0 Å². The van der Waals surface area contributed by atoms with Crippen molar-refractivity contribution in [1.82, 2.24) is 0 Å². The van der Waals surface area contributed by atoms with Gasteiger partial charge in [0.05, 0.1) is 13.0 Å². The Hall–Kier alpha value is -2.10. The highest BCUT2D eigenvalue weighted by Gasteiger charge is 2.16. The highest BCUT2D eigenvalue weighted by Crippen LogP contribution is 2.12. The van der Waals surface area contributed by atoms with E-state index in [0.717, 1.165) is 5.56 Å². The van der Waals surface area contributed by atoms with Crippen LogP contribution in [0.2, 0.25) is 0 Å². The molecule has 0 aliphatic carbocycles. The Labute approximate surface area is 139 Å². The molecule has 0 aliphatic heterocycles. The number of rotatable bonds is 7. The van der Waals surface area contributed by atoms with Crippen molar-refractivity contribution < 1.29 is 19.1 Å². The normalized spacial score (nSPS) is 10.6. The third-order valence-corrected chi connectivity index (χ3v) is 2.65. The van der Waals surface area contributed by atoms with E-state index >= 15 is 0 Å². The van der Waals surface area contributed by atoms with Crippen LogP contribution in [0.4, 0.5) is 0 Å². The second-order valence-corrected chi connectivity index (χ2v) is 4.98. The fraction of sp³-hybridized carbons (Fsp3) is 0.474. The lowest BCUT2D eigenvalue weighted by atomic mass is 10.1. The Morgan fingerprint density at radius 2 is 1.70 bits per heavy atom. The third-order valence-electron chi connectivity index (χ3n) is 2.65. The molecular weight excluding hydrogens is 292 g/mol. The van der Waals surface area contributed by atoms with Crippen molar-refractivity contribution in [3.8, 4) is 0 Å². The summed E-state index contributed by atoms with van der Waals surface area (Å²) in [6, 6.07) is 9.42. The third kappa shape index (κ3) is 9.51. The maximum atomic E-state index is 12.1. The number of allylic oxidation sites excluding steroid dienone is 1. The van der Waals surface area contributed by atoms with Gasteiger partial charge in [0, 0.05) is 5.57 Å². The largest absolute Gasteiger partial charge is 0.466 e. The van der Waals surface area contributed by atoms with Crippen molar-refractivity contribution >= 4 is 11.9 Å². The van der Waals surface area contributed by atoms with Gasteiger partial charge in [-0.3, -0.25) is 4.79 Å². The molecule has 0 unspecified atom stereocenters. The van der Waals surface area contributed by atoms with E-state index in [-0.39, 0.29) is 18.9 Å². The van der Waals surface area contributed by atoms with Gasteiger partial charge < -0.3 is 9.47 Å². The molecule has 0 heterocycles. The average molecular weight is 320 g/mol. The molecule has 0 atom stereocenters. The molecule has 0 bridgehead atoms. The van der Waals surface area contributed by atoms with E-state index in [9.17, 15) is 9.59 Å². The molecule has 0 saturated carbocycles. The van der Waals surface area contributed by atoms with Gasteiger partial charge in [-0.1, -0.05) is 64.1 Å². The van der Waals surface area contributed by atoms with Crippen LogP contribution in [0, 0.1) is 5.92 Å². The molecule has 0 aromatic heterocycles. The zero-order valence-corrected chi connectivity index (χ0v) is 14.8. The maximum absolute atomic E-state index is 12.1. The van der Waals surface area contributed by atoms with Crippen LogP contribution < -0.4 is 0 Å². The van der Waals surface area contributed by atoms with Gasteiger partial charge in [0.1, 0.15) is 6.61 Å². The summed E-state index contributed by atoms with van der Waals surface area (Å²) in [7, 11) is 0. The van der Waals surface area contributed by atoms with Gasteiger partial charge in [-0.05, 0) is 18.4 Å². The van der Waals surface area contributed by atoms with E-state index < -0.39 is 11.9 Å². The van der Waals surface area contributed by atoms with Crippen LogP contribution in [0.5, 0.6) is 0 Å². The molecule has 0 saturated heterocycles. The Kier molecular flexibility index (Phi) is 11.3. The Bertz CT molecular complexity index is 489. The molecule has 0 radical (unpaired) electrons. The van der Waals surface area contributed by atoms with Crippen molar-refractivity contribution in [3.05, 3.63) is 47.5 Å². The summed E-state index contributed by atoms with van der Waals surface area (Å²) < 4.78 is 10.1. The van der Waals surface area contributed by atoms with Crippen LogP contribution in [-0.2, 0) is 25.7 Å². The summed E-state index contributed by atoms with van der Waals surface area (Å²) in [4.78, 5) is 23.6. The van der Waals surface area contributed by atoms with Crippen LogP contribution >= 0.6 is 0 Å². The summed E-state index contributed by atoms with van der Waals surface area (Å²) >= 11 is 0. The van der Waals surface area contributed by atoms with E-state index in [2.05, 4.69) is 0 Å². The van der Waals surface area contributed by atoms with E-state index in [1.165, 1.54) is 0 Å². The summed E-state index contributed by atoms with van der Waals surface area (Å²) in [6.07, 6.45) is 1.68. The van der Waals surface area contributed by atoms with Gasteiger partial charge in [-0.15, -0.1) is 0 Å². The standard InChI is InChI=1S/C17H22O4.C2H6/c1-4-20-16(18)11-15(10-13(2)3)17(19)21-12-14-8-6-5-7-9-14;1-2/h5-10,13H,4,11-12H2,1-3H3;1-2H3/b15-10-;. The number of benzene rings is 1. The van der Waals surface area contributed by atoms with Gasteiger partial charge in [-0.2, -0.15) is 0 Å². The van der Waals surface area contributed by atoms with Crippen molar-refractivity contribution in [2.75, 3.05) is 6.61 Å². The van der Waals surface area contributed by atoms with Crippen molar-refractivity contribution in [3.63, 3.8) is 0 Å². The molecule has 4 nitrogen and oxygen atoms in total. The highest BCUT2D eigenvalue weighted by atomic mass is 16.5. The maximum Gasteiger partial charge on any atom is 0.334 e. The monoisotopic (exact) mass is 320 g/mol. The Morgan fingerprint density at radius 1 is 1.09 bits per heavy atom. The molecule has 4 heteroatoms. The molecule has 0 N–H and O–H groups in total. The Morgan fingerprint density at radius 3 is 2.22 bits per heavy atom. The quantitative estimate of drug-likeness (QED) is 0.555. The summed E-state index contributed by atoms with van der Waals surface area (Å²) in [5.41, 5.74) is 1.25. The second kappa shape index (κ2) is 12.4. The van der Waals surface area contributed by atoms with Crippen LogP contribution in [-0.4, -0.2) is 18.5 Å². The van der Waals surface area contributed by atoms with Gasteiger partial charge >= 0.3 is 11.9 Å². The molecule has 1 aromatic rings. The molecule has 1 rings (SSSR count). The molecule has 128 valence electrons. The summed E-state index contributed by atoms with van der Waals surface area (Å²) in [5.74, 6) is -0.736. The van der Waals surface area contributed by atoms with Crippen molar-refractivity contribution in [2.45, 2.75) is 47.6 Å². The zero-order chi connectivity index (χ0) is 17.7. The summed E-state index contributed by atoms with van der Waals surface area (Å²) in [5, 5.41) is 0. The number of esters is 2. The van der Waals surface area contributed by atoms with Crippen molar-refractivity contribution in [1.29, 1.82) is 0 Å². The van der Waals surface area contributed by atoms with Crippen LogP contribution in [0.1, 0.15) is 46.6 Å². The molecule has 0 aliphatic rings. The van der Waals surface area contributed by atoms with Gasteiger partial charge in [0.25, 0.3) is 0 Å². The molecule has 0 spiro atoms. The lowest BCUT2D eigenvalue weighted by Gasteiger charge is -2.09. The molecule has 0 fully saturated rings. The van der Waals surface area contributed by atoms with E-state index in [0.29, 0.717) is 12.2 Å². The van der Waals surface area contributed by atoms with Crippen LogP contribution in [0.15, 0.2) is 42.0 Å². The lowest BCUT2D eigenvalue weighted by molar-refractivity contribution is -0.146. The minimum absolute atomic E-state index is 0.0559. The molecule has 23 heavy (non-hydrogen) atoms. The Balaban J connectivity index is 0.00000232. The van der Waals surface area contributed by atoms with Gasteiger partial charge in [-0.25, -0.2) is 4.79 Å². The minimum atomic E-state index is -0.472. The first-order valence-electron chi connectivity index (χ1n) is 8.10.